The molecule has 84 valence electrons. The molecule has 1 aromatic carbocycles. The second-order valence-electron chi connectivity index (χ2n) is 3.55. The van der Waals surface area contributed by atoms with E-state index in [0.717, 1.165) is 29.1 Å². The van der Waals surface area contributed by atoms with Gasteiger partial charge in [0.15, 0.2) is 0 Å². The maximum Gasteiger partial charge on any atom is 0.129 e. The van der Waals surface area contributed by atoms with Crippen LogP contribution in [0.15, 0.2) is 36.7 Å². The van der Waals surface area contributed by atoms with E-state index in [-0.39, 0.29) is 0 Å². The molecule has 0 aliphatic rings. The van der Waals surface area contributed by atoms with Gasteiger partial charge in [-0.3, -0.25) is 0 Å². The van der Waals surface area contributed by atoms with Crippen LogP contribution in [0.3, 0.4) is 0 Å². The van der Waals surface area contributed by atoms with E-state index in [2.05, 4.69) is 28.7 Å². The average Bonchev–Trinajstić information content (AvgIpc) is 2.40. The van der Waals surface area contributed by atoms with Gasteiger partial charge in [0.25, 0.3) is 0 Å². The summed E-state index contributed by atoms with van der Waals surface area (Å²) in [6.07, 6.45) is 4.37. The van der Waals surface area contributed by atoms with Crippen molar-refractivity contribution >= 4 is 12.6 Å². The number of aromatic nitrogens is 2. The molecular weight excluding hydrogens is 230 g/mol. The predicted octanol–water partition coefficient (Wildman–Crippen LogP) is 2.49. The van der Waals surface area contributed by atoms with Crippen LogP contribution in [0.2, 0.25) is 0 Å². The molecule has 0 amide bonds. The fourth-order valence-electron chi connectivity index (χ4n) is 1.47. The van der Waals surface area contributed by atoms with Gasteiger partial charge in [-0.05, 0) is 23.4 Å². The van der Waals surface area contributed by atoms with Gasteiger partial charge in [-0.15, -0.1) is 0 Å². The van der Waals surface area contributed by atoms with Crippen molar-refractivity contribution in [1.82, 2.24) is 9.97 Å². The van der Waals surface area contributed by atoms with Gasteiger partial charge in [-0.2, -0.15) is 17.9 Å². The lowest BCUT2D eigenvalue weighted by atomic mass is 10.1. The Hall–Kier alpha value is -1.86. The Balaban J connectivity index is 2.24. The summed E-state index contributed by atoms with van der Waals surface area (Å²) >= 11 is 4.14. The number of benzene rings is 1. The monoisotopic (exact) mass is 241 g/mol. The van der Waals surface area contributed by atoms with E-state index < -0.39 is 0 Å². The van der Waals surface area contributed by atoms with Gasteiger partial charge in [-0.1, -0.05) is 12.1 Å². The minimum Gasteiger partial charge on any atom is -0.241 e. The average molecular weight is 241 g/mol. The number of nitrogens with zero attached hydrogens (tertiary/aromatic N) is 3. The van der Waals surface area contributed by atoms with Crippen molar-refractivity contribution in [2.75, 3.05) is 5.75 Å². The van der Waals surface area contributed by atoms with E-state index in [1.165, 1.54) is 0 Å². The smallest absolute Gasteiger partial charge is 0.129 e. The molecule has 3 nitrogen and oxygen atoms in total. The molecule has 0 fully saturated rings. The third-order valence-corrected chi connectivity index (χ3v) is 2.61. The summed E-state index contributed by atoms with van der Waals surface area (Å²) in [7, 11) is 0. The first kappa shape index (κ1) is 11.6. The molecule has 0 spiro atoms. The van der Waals surface area contributed by atoms with Gasteiger partial charge in [0.1, 0.15) is 5.82 Å². The van der Waals surface area contributed by atoms with Gasteiger partial charge < -0.3 is 0 Å². The van der Waals surface area contributed by atoms with Crippen LogP contribution in [0.5, 0.6) is 0 Å². The maximum absolute atomic E-state index is 8.71. The zero-order valence-electron chi connectivity index (χ0n) is 9.17. The normalized spacial score (nSPS) is 9.88. The molecule has 0 unspecified atom stereocenters. The first-order valence-corrected chi connectivity index (χ1v) is 5.89. The van der Waals surface area contributed by atoms with Crippen molar-refractivity contribution in [3.05, 3.63) is 48.0 Å². The summed E-state index contributed by atoms with van der Waals surface area (Å²) < 4.78 is 0. The predicted molar refractivity (Wildman–Crippen MR) is 69.7 cm³/mol. The lowest BCUT2D eigenvalue weighted by molar-refractivity contribution is 0.951. The number of rotatable bonds is 3. The minimum atomic E-state index is 0.654. The highest BCUT2D eigenvalue weighted by atomic mass is 32.1. The van der Waals surface area contributed by atoms with Gasteiger partial charge >= 0.3 is 0 Å². The van der Waals surface area contributed by atoms with Gasteiger partial charge in [0.2, 0.25) is 0 Å². The van der Waals surface area contributed by atoms with Crippen LogP contribution < -0.4 is 0 Å². The number of thiol groups is 1. The van der Waals surface area contributed by atoms with Gasteiger partial charge in [0.05, 0.1) is 11.6 Å². The Kier molecular flexibility index (Phi) is 3.73. The molecule has 0 aliphatic heterocycles. The van der Waals surface area contributed by atoms with E-state index in [1.54, 1.807) is 24.5 Å². The van der Waals surface area contributed by atoms with E-state index >= 15 is 0 Å². The van der Waals surface area contributed by atoms with E-state index in [4.69, 9.17) is 5.26 Å². The van der Waals surface area contributed by atoms with E-state index in [9.17, 15) is 0 Å². The Morgan fingerprint density at radius 3 is 2.24 bits per heavy atom. The van der Waals surface area contributed by atoms with Crippen LogP contribution in [0.4, 0.5) is 0 Å². The number of aryl methyl sites for hydroxylation is 1. The van der Waals surface area contributed by atoms with Crippen LogP contribution in [0.25, 0.3) is 11.1 Å². The fraction of sp³-hybridized carbons (Fsp3) is 0.154. The zero-order valence-corrected chi connectivity index (χ0v) is 10.1. The standard InChI is InChI=1S/C13H11N3S/c14-7-10-1-3-11(4-2-10)12-8-15-13(5-6-17)16-9-12/h1-4,8-9,17H,5-6H2. The van der Waals surface area contributed by atoms with E-state index in [1.807, 2.05) is 12.1 Å². The molecule has 0 saturated carbocycles. The SMILES string of the molecule is N#Cc1ccc(-c2cnc(CCS)nc2)cc1. The Labute approximate surface area is 106 Å². The Morgan fingerprint density at radius 1 is 1.06 bits per heavy atom. The largest absolute Gasteiger partial charge is 0.241 e. The molecule has 0 aliphatic carbocycles. The van der Waals surface area contributed by atoms with E-state index in [0.29, 0.717) is 5.56 Å². The van der Waals surface area contributed by atoms with Gasteiger partial charge in [0, 0.05) is 24.4 Å². The van der Waals surface area contributed by atoms with Crippen molar-refractivity contribution < 1.29 is 0 Å². The van der Waals surface area contributed by atoms with Crippen molar-refractivity contribution in [3.63, 3.8) is 0 Å². The molecule has 1 heterocycles. The Morgan fingerprint density at radius 2 is 1.71 bits per heavy atom. The third kappa shape index (κ3) is 2.83. The third-order valence-electron chi connectivity index (χ3n) is 2.39. The second-order valence-corrected chi connectivity index (χ2v) is 4.00. The summed E-state index contributed by atoms with van der Waals surface area (Å²) in [5.41, 5.74) is 2.63. The first-order chi connectivity index (χ1) is 8.33. The molecule has 0 bridgehead atoms. The van der Waals surface area contributed by atoms with Crippen LogP contribution in [-0.4, -0.2) is 15.7 Å². The van der Waals surface area contributed by atoms with Crippen molar-refractivity contribution in [1.29, 1.82) is 5.26 Å². The fourth-order valence-corrected chi connectivity index (χ4v) is 1.67. The van der Waals surface area contributed by atoms with Gasteiger partial charge in [-0.25, -0.2) is 9.97 Å². The number of nitriles is 1. The van der Waals surface area contributed by atoms with Crippen LogP contribution in [-0.2, 0) is 6.42 Å². The van der Waals surface area contributed by atoms with Crippen molar-refractivity contribution in [2.24, 2.45) is 0 Å². The maximum atomic E-state index is 8.71. The van der Waals surface area contributed by atoms with Crippen molar-refractivity contribution in [2.45, 2.75) is 6.42 Å². The Bertz CT molecular complexity index is 526. The molecule has 0 atom stereocenters. The quantitative estimate of drug-likeness (QED) is 0.840. The highest BCUT2D eigenvalue weighted by Gasteiger charge is 2.00. The summed E-state index contributed by atoms with van der Waals surface area (Å²) in [5, 5.41) is 8.71. The second kappa shape index (κ2) is 5.46. The summed E-state index contributed by atoms with van der Waals surface area (Å²) in [6.45, 7) is 0. The molecule has 0 N–H and O–H groups in total. The number of hydrogen-bond donors (Lipinski definition) is 1. The molecule has 4 heteroatoms. The minimum absolute atomic E-state index is 0.654. The zero-order chi connectivity index (χ0) is 12.1. The van der Waals surface area contributed by atoms with Crippen LogP contribution in [0.1, 0.15) is 11.4 Å². The lowest BCUT2D eigenvalue weighted by Crippen LogP contribution is -1.95. The first-order valence-electron chi connectivity index (χ1n) is 5.26. The summed E-state index contributed by atoms with van der Waals surface area (Å²) in [5.74, 6) is 1.55. The van der Waals surface area contributed by atoms with Crippen LogP contribution in [0, 0.1) is 11.3 Å². The molecule has 0 radical (unpaired) electrons. The molecule has 2 aromatic rings. The molecular formula is C13H11N3S. The number of hydrogen-bond acceptors (Lipinski definition) is 4. The highest BCUT2D eigenvalue weighted by Crippen LogP contribution is 2.17. The molecule has 0 saturated heterocycles. The van der Waals surface area contributed by atoms with Crippen molar-refractivity contribution in [3.8, 4) is 17.2 Å². The van der Waals surface area contributed by atoms with Crippen LogP contribution >= 0.6 is 12.6 Å². The molecule has 1 aromatic heterocycles. The topological polar surface area (TPSA) is 49.6 Å². The highest BCUT2D eigenvalue weighted by molar-refractivity contribution is 7.80. The summed E-state index contributed by atoms with van der Waals surface area (Å²) in [4.78, 5) is 8.52. The lowest BCUT2D eigenvalue weighted by Gasteiger charge is -2.02. The summed E-state index contributed by atoms with van der Waals surface area (Å²) in [6, 6.07) is 9.47. The molecule has 2 rings (SSSR count). The molecule has 17 heavy (non-hydrogen) atoms.